The number of diazo groups is 1. The summed E-state index contributed by atoms with van der Waals surface area (Å²) in [6, 6.07) is 0. The van der Waals surface area contributed by atoms with Crippen LogP contribution in [0.1, 0.15) is 0 Å². The average molecular weight is 281 g/mol. The van der Waals surface area contributed by atoms with Gasteiger partial charge in [0.05, 0.1) is 33.5 Å². The maximum Gasteiger partial charge on any atom is 0.400 e. The van der Waals surface area contributed by atoms with Crippen molar-refractivity contribution in [2.45, 2.75) is 5.79 Å². The molecule has 0 aromatic carbocycles. The van der Waals surface area contributed by atoms with Gasteiger partial charge < -0.3 is 24.1 Å². The fourth-order valence-corrected chi connectivity index (χ4v) is 2.00. The molecule has 1 saturated heterocycles. The van der Waals surface area contributed by atoms with Gasteiger partial charge in [0, 0.05) is 6.08 Å². The monoisotopic (exact) mass is 281 g/mol. The highest BCUT2D eigenvalue weighted by molar-refractivity contribution is 5.95. The van der Waals surface area contributed by atoms with E-state index in [1.807, 2.05) is 0 Å². The number of rotatable bonds is 2. The highest BCUT2D eigenvalue weighted by Crippen LogP contribution is 2.39. The first-order valence-corrected chi connectivity index (χ1v) is 5.72. The molecule has 0 aromatic rings. The quantitative estimate of drug-likeness (QED) is 0.457. The molecule has 1 aliphatic carbocycles. The van der Waals surface area contributed by atoms with Crippen LogP contribution in [0.2, 0.25) is 0 Å². The van der Waals surface area contributed by atoms with Gasteiger partial charge in [-0.05, 0) is 0 Å². The summed E-state index contributed by atoms with van der Waals surface area (Å²) >= 11 is 0. The Kier molecular flexibility index (Phi) is 3.74. The van der Waals surface area contributed by atoms with Crippen LogP contribution in [0, 0.1) is 5.39 Å². The molecule has 8 nitrogen and oxygen atoms in total. The Labute approximate surface area is 114 Å². The smallest absolute Gasteiger partial charge is 0.400 e. The summed E-state index contributed by atoms with van der Waals surface area (Å²) < 4.78 is 20.3. The predicted molar refractivity (Wildman–Crippen MR) is 64.6 cm³/mol. The number of carbonyl (C=O) groups is 1. The van der Waals surface area contributed by atoms with Crippen molar-refractivity contribution in [2.24, 2.45) is 0 Å². The van der Waals surface area contributed by atoms with Gasteiger partial charge in [0.1, 0.15) is 5.57 Å². The van der Waals surface area contributed by atoms with Crippen LogP contribution in [-0.2, 0) is 23.7 Å². The van der Waals surface area contributed by atoms with E-state index in [1.54, 1.807) is 0 Å². The largest absolute Gasteiger partial charge is 0.481 e. The fourth-order valence-electron chi connectivity index (χ4n) is 2.00. The van der Waals surface area contributed by atoms with E-state index in [2.05, 4.69) is 9.71 Å². The minimum absolute atomic E-state index is 0.0375. The zero-order chi connectivity index (χ0) is 14.8. The Morgan fingerprint density at radius 1 is 1.40 bits per heavy atom. The second kappa shape index (κ2) is 5.32. The molecule has 8 heteroatoms. The molecule has 106 valence electrons. The SMILES string of the molecule is COC(=O)C1=CC2(OCCO2)/C(=C(/O)OC)C=C1[N+]#N. The summed E-state index contributed by atoms with van der Waals surface area (Å²) in [6.45, 7) is 0.537. The van der Waals surface area contributed by atoms with Crippen LogP contribution in [0.15, 0.2) is 34.9 Å². The summed E-state index contributed by atoms with van der Waals surface area (Å²) in [5.74, 6) is -2.64. The molecule has 1 heterocycles. The molecule has 1 spiro atoms. The maximum atomic E-state index is 11.7. The Hall–Kier alpha value is -2.37. The third-order valence-electron chi connectivity index (χ3n) is 2.92. The van der Waals surface area contributed by atoms with E-state index in [4.69, 9.17) is 19.6 Å². The Balaban J connectivity index is 2.59. The lowest BCUT2D eigenvalue weighted by Crippen LogP contribution is -2.34. The summed E-state index contributed by atoms with van der Waals surface area (Å²) in [5.41, 5.74) is -0.0392. The molecule has 0 aromatic heterocycles. The minimum atomic E-state index is -1.46. The Bertz CT molecular complexity index is 563. The van der Waals surface area contributed by atoms with Crippen LogP contribution in [0.3, 0.4) is 0 Å². The lowest BCUT2D eigenvalue weighted by Gasteiger charge is -2.27. The number of aliphatic hydroxyl groups excluding tert-OH is 1. The Morgan fingerprint density at radius 3 is 2.55 bits per heavy atom. The molecule has 2 aliphatic rings. The minimum Gasteiger partial charge on any atom is -0.481 e. The predicted octanol–water partition coefficient (Wildman–Crippen LogP) is 0.995. The van der Waals surface area contributed by atoms with Crippen molar-refractivity contribution in [2.75, 3.05) is 27.4 Å². The van der Waals surface area contributed by atoms with Gasteiger partial charge in [0.15, 0.2) is 10.5 Å². The van der Waals surface area contributed by atoms with Gasteiger partial charge in [-0.2, -0.15) is 0 Å². The van der Waals surface area contributed by atoms with Crippen molar-refractivity contribution < 1.29 is 28.8 Å². The number of aliphatic hydroxyl groups is 1. The van der Waals surface area contributed by atoms with Crippen molar-refractivity contribution in [3.63, 3.8) is 0 Å². The van der Waals surface area contributed by atoms with Crippen molar-refractivity contribution in [3.8, 4) is 0 Å². The van der Waals surface area contributed by atoms with Gasteiger partial charge in [0.2, 0.25) is 11.2 Å². The van der Waals surface area contributed by atoms with Crippen molar-refractivity contribution in [1.29, 1.82) is 5.39 Å². The van der Waals surface area contributed by atoms with E-state index in [-0.39, 0.29) is 30.1 Å². The van der Waals surface area contributed by atoms with Gasteiger partial charge >= 0.3 is 11.7 Å². The molecular weight excluding hydrogens is 268 g/mol. The Morgan fingerprint density at radius 2 is 2.05 bits per heavy atom. The molecule has 2 rings (SSSR count). The molecule has 1 N–H and O–H groups in total. The summed E-state index contributed by atoms with van der Waals surface area (Å²) in [6.07, 6.45) is 2.52. The molecule has 0 bridgehead atoms. The number of esters is 1. The van der Waals surface area contributed by atoms with Gasteiger partial charge in [0.25, 0.3) is 5.95 Å². The molecule has 0 atom stereocenters. The number of methoxy groups -OCH3 is 2. The highest BCUT2D eigenvalue weighted by Gasteiger charge is 2.48. The van der Waals surface area contributed by atoms with E-state index in [9.17, 15) is 9.90 Å². The lowest BCUT2D eigenvalue weighted by atomic mass is 9.94. The second-order valence-electron chi connectivity index (χ2n) is 3.97. The van der Waals surface area contributed by atoms with Crippen LogP contribution in [-0.4, -0.2) is 44.3 Å². The van der Waals surface area contributed by atoms with E-state index in [0.717, 1.165) is 0 Å². The third-order valence-corrected chi connectivity index (χ3v) is 2.92. The summed E-state index contributed by atoms with van der Waals surface area (Å²) in [7, 11) is 2.45. The normalized spacial score (nSPS) is 22.6. The van der Waals surface area contributed by atoms with Gasteiger partial charge in [-0.15, -0.1) is 0 Å². The average Bonchev–Trinajstić information content (AvgIpc) is 2.94. The molecular formula is C12H13N2O6+. The first-order chi connectivity index (χ1) is 9.57. The molecule has 0 radical (unpaired) electrons. The van der Waals surface area contributed by atoms with Crippen molar-refractivity contribution >= 4 is 5.97 Å². The molecule has 0 unspecified atom stereocenters. The maximum absolute atomic E-state index is 11.7. The zero-order valence-corrected chi connectivity index (χ0v) is 11.0. The van der Waals surface area contributed by atoms with E-state index < -0.39 is 17.7 Å². The standard InChI is InChI=1S/C12H12N2O6/c1-17-10(15)7-6-12(19-3-4-20-12)8(11(16)18-2)5-9(7)14-13/h5-6H,3-4H2,1-2H3/p+1/b11-8-. The second-order valence-corrected chi connectivity index (χ2v) is 3.97. The number of hydrogen-bond donors (Lipinski definition) is 1. The lowest BCUT2D eigenvalue weighted by molar-refractivity contribution is -0.136. The first-order valence-electron chi connectivity index (χ1n) is 5.72. The molecule has 0 saturated carbocycles. The number of nitrogens with zero attached hydrogens (tertiary/aromatic N) is 2. The van der Waals surface area contributed by atoms with Crippen molar-refractivity contribution in [3.05, 3.63) is 39.9 Å². The highest BCUT2D eigenvalue weighted by atomic mass is 16.7. The van der Waals surface area contributed by atoms with Crippen molar-refractivity contribution in [1.82, 2.24) is 0 Å². The number of ether oxygens (including phenoxy) is 4. The molecule has 20 heavy (non-hydrogen) atoms. The topological polar surface area (TPSA) is 102 Å². The number of carbonyl (C=O) groups excluding carboxylic acids is 1. The van der Waals surface area contributed by atoms with Gasteiger partial charge in [-0.1, -0.05) is 0 Å². The van der Waals surface area contributed by atoms with Crippen LogP contribution < -0.4 is 0 Å². The zero-order valence-electron chi connectivity index (χ0n) is 11.0. The van der Waals surface area contributed by atoms with E-state index in [0.29, 0.717) is 0 Å². The third kappa shape index (κ3) is 2.13. The van der Waals surface area contributed by atoms with Gasteiger partial charge in [-0.3, -0.25) is 0 Å². The molecule has 1 fully saturated rings. The fraction of sp³-hybridized carbons (Fsp3) is 0.417. The van der Waals surface area contributed by atoms with Gasteiger partial charge in [-0.25, -0.2) is 4.79 Å². The van der Waals surface area contributed by atoms with Crippen LogP contribution >= 0.6 is 0 Å². The summed E-state index contributed by atoms with van der Waals surface area (Å²) in [4.78, 5) is 14.7. The number of hydrogen-bond acceptors (Lipinski definition) is 7. The summed E-state index contributed by atoms with van der Waals surface area (Å²) in [5, 5.41) is 18.8. The van der Waals surface area contributed by atoms with Crippen LogP contribution in [0.25, 0.3) is 4.98 Å². The van der Waals surface area contributed by atoms with E-state index in [1.165, 1.54) is 26.4 Å². The first kappa shape index (κ1) is 14.0. The van der Waals surface area contributed by atoms with E-state index >= 15 is 0 Å². The van der Waals surface area contributed by atoms with Crippen LogP contribution in [0.5, 0.6) is 0 Å². The molecule has 1 aliphatic heterocycles. The molecule has 0 amide bonds. The van der Waals surface area contributed by atoms with Crippen LogP contribution in [0.4, 0.5) is 0 Å².